The number of sulfonamides is 1. The van der Waals surface area contributed by atoms with E-state index in [0.717, 1.165) is 11.1 Å². The molecule has 2 aromatic carbocycles. The van der Waals surface area contributed by atoms with Gasteiger partial charge in [0.1, 0.15) is 0 Å². The maximum atomic E-state index is 12.3. The second kappa shape index (κ2) is 7.50. The fourth-order valence-electron chi connectivity index (χ4n) is 3.31. The van der Waals surface area contributed by atoms with Crippen molar-refractivity contribution < 1.29 is 13.2 Å². The molecule has 0 spiro atoms. The lowest BCUT2D eigenvalue weighted by Gasteiger charge is -2.20. The van der Waals surface area contributed by atoms with Crippen LogP contribution in [-0.2, 0) is 14.8 Å². The minimum absolute atomic E-state index is 0.0534. The number of anilines is 2. The van der Waals surface area contributed by atoms with Crippen molar-refractivity contribution in [3.8, 4) is 0 Å². The maximum Gasteiger partial charge on any atom is 0.235 e. The summed E-state index contributed by atoms with van der Waals surface area (Å²) in [7, 11) is -3.20. The Bertz CT molecular complexity index is 895. The molecule has 1 N–H and O–H groups in total. The van der Waals surface area contributed by atoms with Crippen molar-refractivity contribution in [2.24, 2.45) is 0 Å². The average molecular weight is 372 g/mol. The quantitative estimate of drug-likeness (QED) is 0.871. The van der Waals surface area contributed by atoms with Gasteiger partial charge in [-0.25, -0.2) is 8.42 Å². The summed E-state index contributed by atoms with van der Waals surface area (Å²) in [6.07, 6.45) is 1.04. The average Bonchev–Trinajstić information content (AvgIpc) is 2.95. The smallest absolute Gasteiger partial charge is 0.235 e. The van der Waals surface area contributed by atoms with Crippen molar-refractivity contribution in [2.45, 2.75) is 32.6 Å². The summed E-state index contributed by atoms with van der Waals surface area (Å²) in [6, 6.07) is 15.3. The van der Waals surface area contributed by atoms with E-state index in [4.69, 9.17) is 0 Å². The first kappa shape index (κ1) is 18.5. The van der Waals surface area contributed by atoms with Crippen LogP contribution in [0.25, 0.3) is 0 Å². The molecule has 1 atom stereocenters. The lowest BCUT2D eigenvalue weighted by atomic mass is 9.97. The van der Waals surface area contributed by atoms with E-state index in [1.54, 1.807) is 12.1 Å². The third-order valence-electron chi connectivity index (χ3n) is 4.71. The fraction of sp³-hybridized carbons (Fsp3) is 0.350. The van der Waals surface area contributed by atoms with Gasteiger partial charge >= 0.3 is 0 Å². The predicted molar refractivity (Wildman–Crippen MR) is 105 cm³/mol. The molecule has 1 saturated heterocycles. The molecule has 2 aromatic rings. The largest absolute Gasteiger partial charge is 0.326 e. The first-order valence-corrected chi connectivity index (χ1v) is 10.4. The molecule has 26 heavy (non-hydrogen) atoms. The zero-order valence-electron chi connectivity index (χ0n) is 15.1. The lowest BCUT2D eigenvalue weighted by Crippen LogP contribution is -2.25. The summed E-state index contributed by atoms with van der Waals surface area (Å²) < 4.78 is 25.6. The molecule has 6 heteroatoms. The Morgan fingerprint density at radius 1 is 1.19 bits per heavy atom. The van der Waals surface area contributed by atoms with Crippen molar-refractivity contribution in [1.82, 2.24) is 0 Å². The number of nitrogens with zero attached hydrogens (tertiary/aromatic N) is 1. The summed E-state index contributed by atoms with van der Waals surface area (Å²) in [5.41, 5.74) is 3.35. The van der Waals surface area contributed by atoms with Crippen LogP contribution in [0.5, 0.6) is 0 Å². The van der Waals surface area contributed by atoms with Gasteiger partial charge in [0.25, 0.3) is 0 Å². The van der Waals surface area contributed by atoms with Crippen LogP contribution in [0, 0.1) is 6.92 Å². The number of carbonyl (C=O) groups is 1. The van der Waals surface area contributed by atoms with Gasteiger partial charge in [-0.3, -0.25) is 9.10 Å². The van der Waals surface area contributed by atoms with E-state index < -0.39 is 10.0 Å². The molecule has 0 aliphatic carbocycles. The van der Waals surface area contributed by atoms with Crippen molar-refractivity contribution in [1.29, 1.82) is 0 Å². The van der Waals surface area contributed by atoms with Crippen LogP contribution in [0.15, 0.2) is 48.5 Å². The summed E-state index contributed by atoms with van der Waals surface area (Å²) in [5.74, 6) is 0.274. The van der Waals surface area contributed by atoms with Gasteiger partial charge in [0, 0.05) is 18.7 Å². The second-order valence-electron chi connectivity index (χ2n) is 6.81. The Balaban J connectivity index is 1.67. The van der Waals surface area contributed by atoms with Gasteiger partial charge in [0.2, 0.25) is 15.9 Å². The van der Waals surface area contributed by atoms with Gasteiger partial charge in [-0.1, -0.05) is 37.3 Å². The van der Waals surface area contributed by atoms with Gasteiger partial charge in [-0.2, -0.15) is 0 Å². The highest BCUT2D eigenvalue weighted by Gasteiger charge is 2.29. The molecular weight excluding hydrogens is 348 g/mol. The minimum atomic E-state index is -3.20. The molecule has 5 nitrogen and oxygen atoms in total. The number of carbonyl (C=O) groups excluding carboxylic acids is 1. The van der Waals surface area contributed by atoms with Gasteiger partial charge < -0.3 is 5.32 Å². The van der Waals surface area contributed by atoms with Crippen LogP contribution >= 0.6 is 0 Å². The molecule has 0 saturated carbocycles. The van der Waals surface area contributed by atoms with E-state index in [1.165, 1.54) is 4.31 Å². The number of amides is 1. The summed E-state index contributed by atoms with van der Waals surface area (Å²) in [4.78, 5) is 12.3. The first-order chi connectivity index (χ1) is 12.4. The summed E-state index contributed by atoms with van der Waals surface area (Å²) in [6.45, 7) is 4.41. The topological polar surface area (TPSA) is 66.5 Å². The highest BCUT2D eigenvalue weighted by atomic mass is 32.2. The van der Waals surface area contributed by atoms with Crippen LogP contribution in [0.2, 0.25) is 0 Å². The van der Waals surface area contributed by atoms with Crippen LogP contribution in [0.4, 0.5) is 11.4 Å². The molecule has 1 unspecified atom stereocenters. The van der Waals surface area contributed by atoms with Crippen molar-refractivity contribution in [3.05, 3.63) is 59.7 Å². The van der Waals surface area contributed by atoms with Gasteiger partial charge in [-0.15, -0.1) is 0 Å². The molecule has 0 radical (unpaired) electrons. The molecule has 0 aromatic heterocycles. The highest BCUT2D eigenvalue weighted by molar-refractivity contribution is 7.93. The Labute approximate surface area is 155 Å². The van der Waals surface area contributed by atoms with Gasteiger partial charge in [0.15, 0.2) is 0 Å². The zero-order valence-corrected chi connectivity index (χ0v) is 15.9. The van der Waals surface area contributed by atoms with Crippen LogP contribution in [0.3, 0.4) is 0 Å². The SMILES string of the molecule is Cc1cc(NC(=O)CC(C)c2ccccc2)ccc1N1CCCS1(=O)=O. The zero-order chi connectivity index (χ0) is 18.7. The standard InChI is InChI=1S/C20H24N2O3S/c1-15(17-7-4-3-5-8-17)14-20(23)21-18-9-10-19(16(2)13-18)22-11-6-12-26(22,24)25/h3-5,7-10,13,15H,6,11-12,14H2,1-2H3,(H,21,23). The Morgan fingerprint density at radius 3 is 2.54 bits per heavy atom. The van der Waals surface area contributed by atoms with Crippen molar-refractivity contribution >= 4 is 27.3 Å². The number of rotatable bonds is 5. The van der Waals surface area contributed by atoms with Crippen molar-refractivity contribution in [2.75, 3.05) is 21.9 Å². The van der Waals surface area contributed by atoms with Crippen LogP contribution < -0.4 is 9.62 Å². The maximum absolute atomic E-state index is 12.3. The van der Waals surface area contributed by atoms with Gasteiger partial charge in [-0.05, 0) is 48.6 Å². The van der Waals surface area contributed by atoms with E-state index in [1.807, 2.05) is 50.2 Å². The molecule has 138 valence electrons. The Hall–Kier alpha value is -2.34. The highest BCUT2D eigenvalue weighted by Crippen LogP contribution is 2.29. The van der Waals surface area contributed by atoms with E-state index in [9.17, 15) is 13.2 Å². The molecule has 1 fully saturated rings. The number of aryl methyl sites for hydroxylation is 1. The third-order valence-corrected chi connectivity index (χ3v) is 6.56. The Kier molecular flexibility index (Phi) is 5.32. The van der Waals surface area contributed by atoms with E-state index in [0.29, 0.717) is 30.8 Å². The van der Waals surface area contributed by atoms with Gasteiger partial charge in [0.05, 0.1) is 11.4 Å². The van der Waals surface area contributed by atoms with E-state index in [-0.39, 0.29) is 17.6 Å². The predicted octanol–water partition coefficient (Wildman–Crippen LogP) is 3.67. The molecule has 3 rings (SSSR count). The monoisotopic (exact) mass is 372 g/mol. The Morgan fingerprint density at radius 2 is 1.92 bits per heavy atom. The number of benzene rings is 2. The summed E-state index contributed by atoms with van der Waals surface area (Å²) in [5, 5.41) is 2.92. The molecular formula is C20H24N2O3S. The van der Waals surface area contributed by atoms with E-state index >= 15 is 0 Å². The first-order valence-electron chi connectivity index (χ1n) is 8.83. The van der Waals surface area contributed by atoms with Crippen LogP contribution in [-0.4, -0.2) is 26.6 Å². The molecule has 1 aliphatic heterocycles. The van der Waals surface area contributed by atoms with E-state index in [2.05, 4.69) is 5.32 Å². The lowest BCUT2D eigenvalue weighted by molar-refractivity contribution is -0.116. The number of nitrogens with one attached hydrogen (secondary N) is 1. The van der Waals surface area contributed by atoms with Crippen molar-refractivity contribution in [3.63, 3.8) is 0 Å². The molecule has 0 bridgehead atoms. The normalized spacial score (nSPS) is 17.1. The number of hydrogen-bond acceptors (Lipinski definition) is 3. The fourth-order valence-corrected chi connectivity index (χ4v) is 4.94. The molecule has 1 amide bonds. The second-order valence-corrected chi connectivity index (χ2v) is 8.82. The molecule has 1 aliphatic rings. The van der Waals surface area contributed by atoms with Crippen LogP contribution in [0.1, 0.15) is 36.8 Å². The summed E-state index contributed by atoms with van der Waals surface area (Å²) >= 11 is 0. The third kappa shape index (κ3) is 4.07. The number of hydrogen-bond donors (Lipinski definition) is 1. The molecule has 1 heterocycles. The minimum Gasteiger partial charge on any atom is -0.326 e.